The van der Waals surface area contributed by atoms with Crippen molar-refractivity contribution in [3.8, 4) is 0 Å². The van der Waals surface area contributed by atoms with Crippen LogP contribution in [0.5, 0.6) is 0 Å². The van der Waals surface area contributed by atoms with Crippen LogP contribution in [0.15, 0.2) is 12.1 Å². The van der Waals surface area contributed by atoms with E-state index in [4.69, 9.17) is 4.98 Å². The smallest absolute Gasteiger partial charge is 0.149 e. The second kappa shape index (κ2) is 6.75. The fraction of sp³-hybridized carbons (Fsp3) is 0.667. The van der Waals surface area contributed by atoms with E-state index in [1.807, 2.05) is 25.1 Å². The van der Waals surface area contributed by atoms with Gasteiger partial charge < -0.3 is 10.2 Å². The second-order valence-corrected chi connectivity index (χ2v) is 8.81. The van der Waals surface area contributed by atoms with Gasteiger partial charge in [-0.3, -0.25) is 0 Å². The molecule has 0 spiro atoms. The van der Waals surface area contributed by atoms with Crippen LogP contribution in [-0.4, -0.2) is 46.1 Å². The third-order valence-electron chi connectivity index (χ3n) is 3.21. The van der Waals surface area contributed by atoms with Gasteiger partial charge in [-0.25, -0.2) is 13.4 Å². The molecule has 120 valence electrons. The molecule has 1 heterocycles. The van der Waals surface area contributed by atoms with Crippen LogP contribution in [0.2, 0.25) is 0 Å². The number of rotatable bonds is 6. The summed E-state index contributed by atoms with van der Waals surface area (Å²) in [4.78, 5) is 6.59. The predicted octanol–water partition coefficient (Wildman–Crippen LogP) is 1.58. The molecule has 0 aliphatic carbocycles. The molecule has 0 unspecified atom stereocenters. The highest BCUT2D eigenvalue weighted by atomic mass is 32.2. The average Bonchev–Trinajstić information content (AvgIpc) is 2.34. The lowest BCUT2D eigenvalue weighted by molar-refractivity contribution is 0.566. The van der Waals surface area contributed by atoms with Gasteiger partial charge in [-0.2, -0.15) is 0 Å². The Balaban J connectivity index is 3.07. The van der Waals surface area contributed by atoms with Crippen molar-refractivity contribution in [3.05, 3.63) is 23.4 Å². The Morgan fingerprint density at radius 3 is 2.38 bits per heavy atom. The molecule has 0 aliphatic heterocycles. The van der Waals surface area contributed by atoms with Gasteiger partial charge >= 0.3 is 0 Å². The number of anilines is 1. The number of nitrogens with one attached hydrogen (secondary N) is 1. The number of aromatic nitrogens is 1. The van der Waals surface area contributed by atoms with Crippen LogP contribution >= 0.6 is 0 Å². The van der Waals surface area contributed by atoms with Crippen molar-refractivity contribution in [3.63, 3.8) is 0 Å². The van der Waals surface area contributed by atoms with Crippen molar-refractivity contribution in [1.29, 1.82) is 0 Å². The van der Waals surface area contributed by atoms with Gasteiger partial charge in [0.1, 0.15) is 15.7 Å². The van der Waals surface area contributed by atoms with Crippen molar-refractivity contribution < 1.29 is 8.42 Å². The molecule has 0 saturated heterocycles. The minimum Gasteiger partial charge on any atom is -0.359 e. The van der Waals surface area contributed by atoms with Crippen molar-refractivity contribution in [2.24, 2.45) is 0 Å². The number of hydrogen-bond acceptors (Lipinski definition) is 5. The summed E-state index contributed by atoms with van der Waals surface area (Å²) in [7, 11) is 0.817. The van der Waals surface area contributed by atoms with Gasteiger partial charge in [0.15, 0.2) is 0 Å². The highest BCUT2D eigenvalue weighted by Crippen LogP contribution is 2.24. The van der Waals surface area contributed by atoms with Crippen LogP contribution in [0.3, 0.4) is 0 Å². The molecule has 1 rings (SSSR count). The van der Waals surface area contributed by atoms with Gasteiger partial charge in [0.05, 0.1) is 5.75 Å². The van der Waals surface area contributed by atoms with Crippen LogP contribution < -0.4 is 10.2 Å². The van der Waals surface area contributed by atoms with E-state index in [9.17, 15) is 8.42 Å². The summed E-state index contributed by atoms with van der Waals surface area (Å²) >= 11 is 0. The Labute approximate surface area is 128 Å². The fourth-order valence-corrected chi connectivity index (χ4v) is 2.48. The van der Waals surface area contributed by atoms with E-state index in [0.29, 0.717) is 6.54 Å². The molecule has 0 atom stereocenters. The molecule has 0 saturated carbocycles. The molecule has 0 aromatic carbocycles. The minimum absolute atomic E-state index is 0.0455. The molecule has 5 nitrogen and oxygen atoms in total. The normalized spacial score (nSPS) is 12.5. The molecule has 0 fully saturated rings. The third kappa shape index (κ3) is 6.01. The Morgan fingerprint density at radius 2 is 1.90 bits per heavy atom. The van der Waals surface area contributed by atoms with Gasteiger partial charge in [-0.05, 0) is 24.7 Å². The van der Waals surface area contributed by atoms with Crippen LogP contribution in [0.1, 0.15) is 32.0 Å². The highest BCUT2D eigenvalue weighted by Gasteiger charge is 2.18. The monoisotopic (exact) mass is 313 g/mol. The summed E-state index contributed by atoms with van der Waals surface area (Å²) in [6.45, 7) is 7.58. The lowest BCUT2D eigenvalue weighted by atomic mass is 9.90. The molecule has 1 aromatic rings. The molecule has 6 heteroatoms. The van der Waals surface area contributed by atoms with Gasteiger partial charge in [-0.1, -0.05) is 20.8 Å². The Hall–Kier alpha value is -1.14. The van der Waals surface area contributed by atoms with Crippen molar-refractivity contribution in [2.75, 3.05) is 37.5 Å². The highest BCUT2D eigenvalue weighted by molar-refractivity contribution is 7.90. The van der Waals surface area contributed by atoms with Crippen LogP contribution in [0.25, 0.3) is 0 Å². The second-order valence-electron chi connectivity index (χ2n) is 6.55. The Kier molecular flexibility index (Phi) is 5.75. The van der Waals surface area contributed by atoms with E-state index in [1.54, 1.807) is 0 Å². The first kappa shape index (κ1) is 17.9. The molecule has 1 aromatic heterocycles. The predicted molar refractivity (Wildman–Crippen MR) is 88.7 cm³/mol. The summed E-state index contributed by atoms with van der Waals surface area (Å²) in [6.07, 6.45) is 1.26. The summed E-state index contributed by atoms with van der Waals surface area (Å²) in [6, 6.07) is 4.11. The van der Waals surface area contributed by atoms with E-state index in [2.05, 4.69) is 32.2 Å². The maximum absolute atomic E-state index is 11.3. The fourth-order valence-electron chi connectivity index (χ4n) is 1.87. The first-order valence-electron chi connectivity index (χ1n) is 7.08. The van der Waals surface area contributed by atoms with Crippen molar-refractivity contribution in [2.45, 2.75) is 32.7 Å². The zero-order valence-corrected chi connectivity index (χ0v) is 14.7. The van der Waals surface area contributed by atoms with Crippen molar-refractivity contribution in [1.82, 2.24) is 10.3 Å². The Bertz CT molecular complexity index is 577. The van der Waals surface area contributed by atoms with Crippen LogP contribution in [-0.2, 0) is 21.8 Å². The van der Waals surface area contributed by atoms with Gasteiger partial charge in [0.25, 0.3) is 0 Å². The zero-order valence-electron chi connectivity index (χ0n) is 13.9. The number of sulfone groups is 1. The summed E-state index contributed by atoms with van der Waals surface area (Å²) < 4.78 is 22.6. The van der Waals surface area contributed by atoms with Gasteiger partial charge in [-0.15, -0.1) is 0 Å². The quantitative estimate of drug-likeness (QED) is 0.864. The van der Waals surface area contributed by atoms with E-state index in [1.165, 1.54) is 6.26 Å². The minimum atomic E-state index is -2.97. The first-order chi connectivity index (χ1) is 9.53. The van der Waals surface area contributed by atoms with E-state index >= 15 is 0 Å². The standard InChI is InChI=1S/C15H27N3O2S/c1-15(2,3)13-9-12(11-16-4)10-14(17-13)18(5)7-8-21(6,19)20/h9-10,16H,7-8,11H2,1-6H3. The molecule has 0 amide bonds. The number of pyridine rings is 1. The number of nitrogens with zero attached hydrogens (tertiary/aromatic N) is 2. The van der Waals surface area contributed by atoms with E-state index in [0.717, 1.165) is 23.6 Å². The molecule has 0 aliphatic rings. The zero-order chi connectivity index (χ0) is 16.3. The van der Waals surface area contributed by atoms with Crippen LogP contribution in [0.4, 0.5) is 5.82 Å². The maximum atomic E-state index is 11.3. The molecular weight excluding hydrogens is 286 g/mol. The summed E-state index contributed by atoms with van der Waals surface area (Å²) in [5.41, 5.74) is 2.12. The lowest BCUT2D eigenvalue weighted by Crippen LogP contribution is -2.27. The summed E-state index contributed by atoms with van der Waals surface area (Å²) in [5.74, 6) is 0.947. The average molecular weight is 313 g/mol. The lowest BCUT2D eigenvalue weighted by Gasteiger charge is -2.24. The SMILES string of the molecule is CNCc1cc(N(C)CCS(C)(=O)=O)nc(C(C)(C)C)c1. The third-order valence-corrected chi connectivity index (χ3v) is 4.13. The molecule has 1 N–H and O–H groups in total. The summed E-state index contributed by atoms with van der Waals surface area (Å²) in [5, 5.41) is 3.14. The van der Waals surface area contributed by atoms with Gasteiger partial charge in [0.2, 0.25) is 0 Å². The van der Waals surface area contributed by atoms with E-state index < -0.39 is 9.84 Å². The van der Waals surface area contributed by atoms with Gasteiger partial charge in [0, 0.05) is 37.5 Å². The van der Waals surface area contributed by atoms with Crippen molar-refractivity contribution >= 4 is 15.7 Å². The number of hydrogen-bond donors (Lipinski definition) is 1. The topological polar surface area (TPSA) is 62.3 Å². The van der Waals surface area contributed by atoms with E-state index in [-0.39, 0.29) is 11.2 Å². The molecule has 0 bridgehead atoms. The molecule has 21 heavy (non-hydrogen) atoms. The van der Waals surface area contributed by atoms with Crippen LogP contribution in [0, 0.1) is 0 Å². The molecule has 0 radical (unpaired) electrons. The largest absolute Gasteiger partial charge is 0.359 e. The first-order valence-corrected chi connectivity index (χ1v) is 9.14. The Morgan fingerprint density at radius 1 is 1.29 bits per heavy atom. The molecular formula is C15H27N3O2S. The maximum Gasteiger partial charge on any atom is 0.149 e.